The number of amides is 1. The van der Waals surface area contributed by atoms with Crippen molar-refractivity contribution in [2.75, 3.05) is 20.8 Å². The molecule has 0 saturated heterocycles. The van der Waals surface area contributed by atoms with Crippen molar-refractivity contribution in [1.82, 2.24) is 14.9 Å². The highest BCUT2D eigenvalue weighted by atomic mass is 16.5. The van der Waals surface area contributed by atoms with Crippen molar-refractivity contribution in [2.24, 2.45) is 0 Å². The van der Waals surface area contributed by atoms with E-state index in [1.54, 1.807) is 25.3 Å². The average Bonchev–Trinajstić information content (AvgIpc) is 3.32. The van der Waals surface area contributed by atoms with E-state index in [1.807, 2.05) is 12.4 Å². The van der Waals surface area contributed by atoms with E-state index in [0.29, 0.717) is 36.1 Å². The molecule has 1 aliphatic rings. The summed E-state index contributed by atoms with van der Waals surface area (Å²) in [5, 5.41) is 2.93. The zero-order valence-corrected chi connectivity index (χ0v) is 13.4. The third-order valence-corrected chi connectivity index (χ3v) is 3.98. The van der Waals surface area contributed by atoms with E-state index in [4.69, 9.17) is 9.47 Å². The second-order valence-electron chi connectivity index (χ2n) is 5.55. The number of nitrogens with zero attached hydrogens (tertiary/aromatic N) is 2. The molecule has 0 radical (unpaired) electrons. The van der Waals surface area contributed by atoms with Crippen molar-refractivity contribution < 1.29 is 14.3 Å². The van der Waals surface area contributed by atoms with Gasteiger partial charge >= 0.3 is 0 Å². The maximum absolute atomic E-state index is 12.4. The molecule has 3 rings (SSSR count). The van der Waals surface area contributed by atoms with Gasteiger partial charge in [-0.15, -0.1) is 0 Å². The van der Waals surface area contributed by atoms with Crippen LogP contribution in [0.5, 0.6) is 11.5 Å². The Morgan fingerprint density at radius 3 is 2.87 bits per heavy atom. The number of carbonyl (C=O) groups is 1. The van der Waals surface area contributed by atoms with Gasteiger partial charge in [0, 0.05) is 31.4 Å². The topological polar surface area (TPSA) is 65.4 Å². The Bertz CT molecular complexity index is 692. The quantitative estimate of drug-likeness (QED) is 0.851. The van der Waals surface area contributed by atoms with Gasteiger partial charge in [0.15, 0.2) is 11.5 Å². The highest BCUT2D eigenvalue weighted by molar-refractivity contribution is 5.97. The minimum absolute atomic E-state index is 0.172. The molecule has 1 fully saturated rings. The lowest BCUT2D eigenvalue weighted by molar-refractivity contribution is 0.0948. The number of benzene rings is 1. The first kappa shape index (κ1) is 15.4. The molecular formula is C17H21N3O3. The van der Waals surface area contributed by atoms with Crippen molar-refractivity contribution >= 4 is 5.91 Å². The molecule has 23 heavy (non-hydrogen) atoms. The summed E-state index contributed by atoms with van der Waals surface area (Å²) in [5.41, 5.74) is 0.472. The van der Waals surface area contributed by atoms with E-state index in [2.05, 4.69) is 14.9 Å². The lowest BCUT2D eigenvalue weighted by Crippen LogP contribution is -2.28. The van der Waals surface area contributed by atoms with Gasteiger partial charge in [0.2, 0.25) is 0 Å². The van der Waals surface area contributed by atoms with Crippen LogP contribution in [0.4, 0.5) is 0 Å². The van der Waals surface area contributed by atoms with Crippen LogP contribution in [0.2, 0.25) is 0 Å². The Hall–Kier alpha value is -2.50. The number of aromatic nitrogens is 2. The number of rotatable bonds is 7. The van der Waals surface area contributed by atoms with Gasteiger partial charge < -0.3 is 19.4 Å². The number of ether oxygens (including phenoxy) is 2. The Kier molecular flexibility index (Phi) is 4.50. The van der Waals surface area contributed by atoms with Gasteiger partial charge in [0.25, 0.3) is 5.91 Å². The highest BCUT2D eigenvalue weighted by Gasteiger charge is 2.27. The number of hydrogen-bond acceptors (Lipinski definition) is 4. The van der Waals surface area contributed by atoms with Crippen molar-refractivity contribution in [3.63, 3.8) is 0 Å². The van der Waals surface area contributed by atoms with Gasteiger partial charge in [-0.2, -0.15) is 0 Å². The molecule has 1 aliphatic carbocycles. The van der Waals surface area contributed by atoms with Crippen molar-refractivity contribution in [3.8, 4) is 11.5 Å². The summed E-state index contributed by atoms with van der Waals surface area (Å²) < 4.78 is 12.6. The average molecular weight is 315 g/mol. The van der Waals surface area contributed by atoms with Gasteiger partial charge in [-0.05, 0) is 25.0 Å². The summed E-state index contributed by atoms with van der Waals surface area (Å²) in [6, 6.07) is 5.27. The van der Waals surface area contributed by atoms with Crippen LogP contribution in [-0.4, -0.2) is 36.2 Å². The molecule has 1 aromatic heterocycles. The minimum Gasteiger partial charge on any atom is -0.493 e. The third-order valence-electron chi connectivity index (χ3n) is 3.98. The summed E-state index contributed by atoms with van der Waals surface area (Å²) in [6.07, 6.45) is 6.21. The maximum atomic E-state index is 12.4. The first-order chi connectivity index (χ1) is 11.2. The zero-order valence-electron chi connectivity index (χ0n) is 13.4. The molecule has 0 spiro atoms. The van der Waals surface area contributed by atoms with Crippen molar-refractivity contribution in [1.29, 1.82) is 0 Å². The van der Waals surface area contributed by atoms with Crippen LogP contribution in [0, 0.1) is 0 Å². The Morgan fingerprint density at radius 1 is 1.35 bits per heavy atom. The summed E-state index contributed by atoms with van der Waals surface area (Å²) >= 11 is 0. The summed E-state index contributed by atoms with van der Waals surface area (Å²) in [6.45, 7) is 1.25. The zero-order chi connectivity index (χ0) is 16.2. The molecule has 6 heteroatoms. The van der Waals surface area contributed by atoms with Gasteiger partial charge in [0.1, 0.15) is 5.82 Å². The second kappa shape index (κ2) is 6.73. The predicted molar refractivity (Wildman–Crippen MR) is 86.1 cm³/mol. The number of carbonyl (C=O) groups excluding carboxylic acids is 1. The van der Waals surface area contributed by atoms with E-state index in [9.17, 15) is 4.79 Å². The van der Waals surface area contributed by atoms with E-state index in [1.165, 1.54) is 20.0 Å². The molecule has 0 unspecified atom stereocenters. The molecule has 0 atom stereocenters. The molecule has 122 valence electrons. The molecule has 0 aliphatic heterocycles. The fourth-order valence-corrected chi connectivity index (χ4v) is 2.66. The van der Waals surface area contributed by atoms with Crippen LogP contribution >= 0.6 is 0 Å². The van der Waals surface area contributed by atoms with Gasteiger partial charge in [-0.1, -0.05) is 6.07 Å². The smallest absolute Gasteiger partial charge is 0.255 e. The first-order valence-corrected chi connectivity index (χ1v) is 7.74. The van der Waals surface area contributed by atoms with E-state index < -0.39 is 0 Å². The molecule has 1 saturated carbocycles. The molecule has 1 N–H and O–H groups in total. The van der Waals surface area contributed by atoms with Gasteiger partial charge in [-0.3, -0.25) is 4.79 Å². The van der Waals surface area contributed by atoms with Crippen molar-refractivity contribution in [2.45, 2.75) is 25.3 Å². The summed E-state index contributed by atoms with van der Waals surface area (Å²) in [7, 11) is 3.08. The normalized spacial score (nSPS) is 13.7. The fourth-order valence-electron chi connectivity index (χ4n) is 2.66. The molecule has 6 nitrogen and oxygen atoms in total. The van der Waals surface area contributed by atoms with Crippen LogP contribution in [0.25, 0.3) is 0 Å². The van der Waals surface area contributed by atoms with E-state index in [0.717, 1.165) is 5.82 Å². The van der Waals surface area contributed by atoms with E-state index in [-0.39, 0.29) is 5.91 Å². The summed E-state index contributed by atoms with van der Waals surface area (Å²) in [5.74, 6) is 2.55. The molecular weight excluding hydrogens is 294 g/mol. The van der Waals surface area contributed by atoms with Crippen LogP contribution in [0.1, 0.15) is 34.9 Å². The molecule has 2 aromatic rings. The Morgan fingerprint density at radius 2 is 2.17 bits per heavy atom. The van der Waals surface area contributed by atoms with Crippen LogP contribution < -0.4 is 14.8 Å². The van der Waals surface area contributed by atoms with Gasteiger partial charge in [-0.25, -0.2) is 4.98 Å². The van der Waals surface area contributed by atoms with Gasteiger partial charge in [0.05, 0.1) is 19.8 Å². The number of methoxy groups -OCH3 is 2. The molecule has 1 amide bonds. The second-order valence-corrected chi connectivity index (χ2v) is 5.55. The monoisotopic (exact) mass is 315 g/mol. The maximum Gasteiger partial charge on any atom is 0.255 e. The number of nitrogens with one attached hydrogen (secondary N) is 1. The van der Waals surface area contributed by atoms with Crippen LogP contribution in [0.15, 0.2) is 30.6 Å². The largest absolute Gasteiger partial charge is 0.493 e. The lowest BCUT2D eigenvalue weighted by atomic mass is 10.1. The number of imidazole rings is 1. The van der Waals surface area contributed by atoms with Crippen LogP contribution in [-0.2, 0) is 6.54 Å². The molecule has 1 aromatic carbocycles. The molecule has 0 bridgehead atoms. The number of para-hydroxylation sites is 1. The molecule has 1 heterocycles. The highest BCUT2D eigenvalue weighted by Crippen LogP contribution is 2.38. The number of hydrogen-bond donors (Lipinski definition) is 1. The SMILES string of the molecule is COc1cccc(C(=O)NCCn2ccnc2C2CC2)c1OC. The minimum atomic E-state index is -0.172. The predicted octanol–water partition coefficient (Wildman–Crippen LogP) is 2.21. The fraction of sp³-hybridized carbons (Fsp3) is 0.412. The Labute approximate surface area is 135 Å². The van der Waals surface area contributed by atoms with Crippen molar-refractivity contribution in [3.05, 3.63) is 42.0 Å². The van der Waals surface area contributed by atoms with E-state index >= 15 is 0 Å². The van der Waals surface area contributed by atoms with Crippen LogP contribution in [0.3, 0.4) is 0 Å². The standard InChI is InChI=1S/C17H21N3O3/c1-22-14-5-3-4-13(15(14)23-2)17(21)19-9-11-20-10-8-18-16(20)12-6-7-12/h3-5,8,10,12H,6-7,9,11H2,1-2H3,(H,19,21). The Balaban J connectivity index is 1.62. The summed E-state index contributed by atoms with van der Waals surface area (Å²) in [4.78, 5) is 16.8. The lowest BCUT2D eigenvalue weighted by Gasteiger charge is -2.13. The first-order valence-electron chi connectivity index (χ1n) is 7.74. The third kappa shape index (κ3) is 3.31.